The van der Waals surface area contributed by atoms with Gasteiger partial charge >= 0.3 is 16.5 Å². The Morgan fingerprint density at radius 2 is 0.537 bits per heavy atom. The molecule has 4 aromatic carbocycles. The molecule has 14 nitrogen and oxygen atoms in total. The van der Waals surface area contributed by atoms with E-state index >= 15 is 0 Å². The molecule has 0 fully saturated rings. The molecule has 15 heteroatoms. The number of nitrogens with two attached hydrogens (primary N) is 4. The van der Waals surface area contributed by atoms with Gasteiger partial charge < -0.3 is 64.5 Å². The van der Waals surface area contributed by atoms with E-state index < -0.39 is 10.2 Å². The summed E-state index contributed by atoms with van der Waals surface area (Å²) in [5.74, 6) is 0. The van der Waals surface area contributed by atoms with Crippen molar-refractivity contribution in [2.45, 2.75) is 12.8 Å². The first-order chi connectivity index (χ1) is 17.9. The molecule has 0 saturated carbocycles. The summed E-state index contributed by atoms with van der Waals surface area (Å²) in [6, 6.07) is 31.8. The van der Waals surface area contributed by atoms with Crippen LogP contribution in [0.1, 0.15) is 22.3 Å². The van der Waals surface area contributed by atoms with Crippen molar-refractivity contribution in [3.63, 3.8) is 0 Å². The average Bonchev–Trinajstić information content (AvgIpc) is 2.85. The van der Waals surface area contributed by atoms with Crippen LogP contribution in [0.15, 0.2) is 97.1 Å². The number of anilines is 4. The van der Waals surface area contributed by atoms with Crippen molar-refractivity contribution in [2.75, 3.05) is 22.9 Å². The quantitative estimate of drug-likeness (QED) is 0.0852. The van der Waals surface area contributed by atoms with Gasteiger partial charge in [0.05, 0.1) is 10.2 Å². The second-order valence-corrected chi connectivity index (χ2v) is 7.77. The molecule has 0 atom stereocenters. The summed E-state index contributed by atoms with van der Waals surface area (Å²) in [5.41, 5.74) is 30.7. The van der Waals surface area contributed by atoms with Crippen LogP contribution >= 0.6 is 0 Å². The van der Waals surface area contributed by atoms with E-state index in [1.54, 1.807) is 0 Å². The van der Waals surface area contributed by atoms with Crippen LogP contribution in [-0.2, 0) is 40.3 Å². The largest absolute Gasteiger partial charge is 2.00 e. The molecule has 4 rings (SSSR count). The van der Waals surface area contributed by atoms with E-state index in [-0.39, 0.29) is 27.4 Å². The van der Waals surface area contributed by atoms with Gasteiger partial charge in [0.15, 0.2) is 0 Å². The molecule has 41 heavy (non-hydrogen) atoms. The van der Waals surface area contributed by atoms with Crippen molar-refractivity contribution < 1.29 is 37.6 Å². The Hall–Kier alpha value is -5.11. The zero-order chi connectivity index (χ0) is 28.5. The SMILES string of the molecule is Nc1ccc(Cc2ccc(N)cc2)cc1.Nc1ccc(Cc2ccc(N)cc2)cc1.O=[N+]([O-])[O-].O=[N+]([O-])[O-].[Ni+2].[OH3+].[OH3+]. The van der Waals surface area contributed by atoms with Crippen LogP contribution in [0.4, 0.5) is 22.7 Å². The standard InChI is InChI=1S/2C13H14N2.2NO3.Ni.2H2O/c2*14-12-5-1-10(2-6-12)9-11-3-7-13(15)8-4-11;2*2-1(3)4;;;/h2*1-8H,9,14-15H2;;;;2*1H2/q;;2*-1;+2;;/p+2. The third-order valence-corrected chi connectivity index (χ3v) is 4.74. The van der Waals surface area contributed by atoms with Gasteiger partial charge in [-0.3, -0.25) is 0 Å². The van der Waals surface area contributed by atoms with E-state index in [2.05, 4.69) is 0 Å². The number of benzene rings is 4. The molecule has 0 bridgehead atoms. The maximum Gasteiger partial charge on any atom is 2.00 e. The predicted molar refractivity (Wildman–Crippen MR) is 159 cm³/mol. The minimum absolute atomic E-state index is 0. The van der Waals surface area contributed by atoms with E-state index in [1.165, 1.54) is 22.3 Å². The predicted octanol–water partition coefficient (Wildman–Crippen LogP) is 2.56. The van der Waals surface area contributed by atoms with Crippen molar-refractivity contribution in [1.29, 1.82) is 0 Å². The Kier molecular flexibility index (Phi) is 21.5. The fourth-order valence-corrected chi connectivity index (χ4v) is 3.01. The van der Waals surface area contributed by atoms with E-state index in [9.17, 15) is 0 Å². The topological polar surface area (TPSA) is 302 Å². The molecule has 0 aliphatic carbocycles. The molecule has 0 aromatic heterocycles. The fraction of sp³-hybridized carbons (Fsp3) is 0.0769. The second-order valence-electron chi connectivity index (χ2n) is 7.77. The van der Waals surface area contributed by atoms with Gasteiger partial charge in [-0.05, 0) is 83.6 Å². The van der Waals surface area contributed by atoms with E-state index in [4.69, 9.17) is 53.6 Å². The molecule has 224 valence electrons. The monoisotopic (exact) mass is 616 g/mol. The molecular weight excluding hydrogens is 583 g/mol. The van der Waals surface area contributed by atoms with Crippen LogP contribution < -0.4 is 22.9 Å². The molecule has 0 aliphatic heterocycles. The number of nitrogens with zero attached hydrogens (tertiary/aromatic N) is 2. The summed E-state index contributed by atoms with van der Waals surface area (Å²) >= 11 is 0. The zero-order valence-corrected chi connectivity index (χ0v) is 22.8. The Balaban J connectivity index is -0.000000529. The van der Waals surface area contributed by atoms with Crippen LogP contribution in [0.25, 0.3) is 0 Å². The van der Waals surface area contributed by atoms with Gasteiger partial charge in [0.1, 0.15) is 0 Å². The number of rotatable bonds is 4. The Morgan fingerprint density at radius 1 is 0.415 bits per heavy atom. The summed E-state index contributed by atoms with van der Waals surface area (Å²) in [6.07, 6.45) is 1.83. The van der Waals surface area contributed by atoms with Gasteiger partial charge in [-0.25, -0.2) is 0 Å². The van der Waals surface area contributed by atoms with Crippen LogP contribution in [-0.4, -0.2) is 10.2 Å². The molecule has 0 saturated heterocycles. The van der Waals surface area contributed by atoms with Crippen molar-refractivity contribution in [3.8, 4) is 0 Å². The Bertz CT molecular complexity index is 1070. The van der Waals surface area contributed by atoms with Gasteiger partial charge in [-0.2, -0.15) is 0 Å². The molecule has 0 radical (unpaired) electrons. The summed E-state index contributed by atoms with van der Waals surface area (Å²) in [4.78, 5) is 16.5. The van der Waals surface area contributed by atoms with Crippen LogP contribution in [0, 0.1) is 30.6 Å². The molecule has 0 unspecified atom stereocenters. The average molecular weight is 617 g/mol. The molecule has 0 amide bonds. The van der Waals surface area contributed by atoms with E-state index in [1.807, 2.05) is 97.1 Å². The molecule has 4 aromatic rings. The van der Waals surface area contributed by atoms with Gasteiger partial charge in [0.2, 0.25) is 0 Å². The molecule has 0 aliphatic rings. The normalized spacial score (nSPS) is 8.59. The van der Waals surface area contributed by atoms with Crippen LogP contribution in [0.2, 0.25) is 0 Å². The van der Waals surface area contributed by atoms with Crippen molar-refractivity contribution in [3.05, 3.63) is 150 Å². The third-order valence-electron chi connectivity index (χ3n) is 4.74. The van der Waals surface area contributed by atoms with Crippen molar-refractivity contribution in [1.82, 2.24) is 0 Å². The number of hydrogen-bond donors (Lipinski definition) is 4. The molecular formula is C26H34N6NiO8+2. The minimum Gasteiger partial charge on any atom is -0.457 e. The van der Waals surface area contributed by atoms with E-state index in [0.717, 1.165) is 35.6 Å². The summed E-state index contributed by atoms with van der Waals surface area (Å²) in [6.45, 7) is 0. The first kappa shape index (κ1) is 40.4. The summed E-state index contributed by atoms with van der Waals surface area (Å²) in [7, 11) is 0. The van der Waals surface area contributed by atoms with Gasteiger partial charge in [-0.1, -0.05) is 48.5 Å². The first-order valence-electron chi connectivity index (χ1n) is 10.9. The number of nitrogen functional groups attached to an aromatic ring is 4. The third kappa shape index (κ3) is 20.5. The molecule has 0 heterocycles. The molecule has 0 spiro atoms. The van der Waals surface area contributed by atoms with Gasteiger partial charge in [0.25, 0.3) is 0 Å². The number of hydrogen-bond acceptors (Lipinski definition) is 10. The van der Waals surface area contributed by atoms with Crippen molar-refractivity contribution in [2.24, 2.45) is 0 Å². The van der Waals surface area contributed by atoms with Crippen molar-refractivity contribution >= 4 is 22.7 Å². The zero-order valence-electron chi connectivity index (χ0n) is 21.8. The first-order valence-corrected chi connectivity index (χ1v) is 10.9. The maximum atomic E-state index is 8.25. The van der Waals surface area contributed by atoms with Crippen LogP contribution in [0.3, 0.4) is 0 Å². The summed E-state index contributed by atoms with van der Waals surface area (Å²) < 4.78 is 0. The Morgan fingerprint density at radius 3 is 0.659 bits per heavy atom. The van der Waals surface area contributed by atoms with E-state index in [0.29, 0.717) is 0 Å². The smallest absolute Gasteiger partial charge is 0.457 e. The van der Waals surface area contributed by atoms with Crippen LogP contribution in [0.5, 0.6) is 0 Å². The van der Waals surface area contributed by atoms with Gasteiger partial charge in [-0.15, -0.1) is 0 Å². The molecule has 14 N–H and O–H groups in total. The van der Waals surface area contributed by atoms with Gasteiger partial charge in [0, 0.05) is 22.7 Å². The maximum absolute atomic E-state index is 8.25. The summed E-state index contributed by atoms with van der Waals surface area (Å²) in [5, 5.41) is 29.5. The second kappa shape index (κ2) is 21.8. The minimum atomic E-state index is -1.75. The fourth-order valence-electron chi connectivity index (χ4n) is 3.01. The Labute approximate surface area is 246 Å².